The number of rotatable bonds is 5. The Balaban J connectivity index is 2.17. The van der Waals surface area contributed by atoms with E-state index in [0.717, 1.165) is 5.56 Å². The predicted octanol–water partition coefficient (Wildman–Crippen LogP) is 0.821. The van der Waals surface area contributed by atoms with E-state index >= 15 is 0 Å². The Morgan fingerprint density at radius 3 is 2.63 bits per heavy atom. The second-order valence-corrected chi connectivity index (χ2v) is 5.95. The molecule has 102 valence electrons. The first-order valence-electron chi connectivity index (χ1n) is 5.77. The normalized spacial score (nSPS) is 11.5. The molecule has 0 unspecified atom stereocenters. The number of aryl methyl sites for hydroxylation is 1. The van der Waals surface area contributed by atoms with E-state index in [1.165, 1.54) is 4.68 Å². The van der Waals surface area contributed by atoms with Crippen molar-refractivity contribution in [3.8, 4) is 0 Å². The third kappa shape index (κ3) is 3.55. The molecular weight excluding hydrogens is 264 g/mol. The Morgan fingerprint density at radius 2 is 2.00 bits per heavy atom. The maximum atomic E-state index is 12.0. The highest BCUT2D eigenvalue weighted by atomic mass is 32.2. The molecule has 3 N–H and O–H groups in total. The number of hydrogen-bond acceptors (Lipinski definition) is 4. The van der Waals surface area contributed by atoms with Crippen LogP contribution in [0, 0.1) is 0 Å². The summed E-state index contributed by atoms with van der Waals surface area (Å²) in [6.45, 7) is 0.233. The highest BCUT2D eigenvalue weighted by Crippen LogP contribution is 2.15. The van der Waals surface area contributed by atoms with Crippen LogP contribution < -0.4 is 10.5 Å². The molecule has 6 nitrogen and oxygen atoms in total. The van der Waals surface area contributed by atoms with Crippen LogP contribution in [0.2, 0.25) is 0 Å². The number of anilines is 1. The van der Waals surface area contributed by atoms with Crippen LogP contribution in [0.5, 0.6) is 0 Å². The van der Waals surface area contributed by atoms with Gasteiger partial charge in [-0.2, -0.15) is 5.10 Å². The van der Waals surface area contributed by atoms with Crippen molar-refractivity contribution in [2.75, 3.05) is 4.72 Å². The van der Waals surface area contributed by atoms with E-state index in [0.29, 0.717) is 11.4 Å². The average molecular weight is 280 g/mol. The molecule has 0 spiro atoms. The molecule has 0 aliphatic rings. The maximum Gasteiger partial charge on any atom is 0.238 e. The largest absolute Gasteiger partial charge is 0.326 e. The van der Waals surface area contributed by atoms with Gasteiger partial charge >= 0.3 is 0 Å². The third-order valence-electron chi connectivity index (χ3n) is 2.58. The minimum absolute atomic E-state index is 0.0889. The van der Waals surface area contributed by atoms with Gasteiger partial charge in [0, 0.05) is 25.4 Å². The summed E-state index contributed by atoms with van der Waals surface area (Å²) in [4.78, 5) is 0. The van der Waals surface area contributed by atoms with Crippen LogP contribution in [0.25, 0.3) is 0 Å². The quantitative estimate of drug-likeness (QED) is 0.848. The molecule has 0 aliphatic carbocycles. The Bertz CT molecular complexity index is 650. The SMILES string of the molecule is Cn1cc(CN)c(NS(=O)(=O)Cc2ccccc2)n1. The van der Waals surface area contributed by atoms with Gasteiger partial charge in [-0.15, -0.1) is 0 Å². The molecule has 0 saturated heterocycles. The fraction of sp³-hybridized carbons (Fsp3) is 0.250. The first-order valence-corrected chi connectivity index (χ1v) is 7.42. The van der Waals surface area contributed by atoms with E-state index in [-0.39, 0.29) is 12.3 Å². The second-order valence-electron chi connectivity index (χ2n) is 4.23. The number of hydrogen-bond donors (Lipinski definition) is 2. The van der Waals surface area contributed by atoms with Crippen LogP contribution in [0.15, 0.2) is 36.5 Å². The molecule has 0 aliphatic heterocycles. The lowest BCUT2D eigenvalue weighted by Gasteiger charge is -2.06. The van der Waals surface area contributed by atoms with Gasteiger partial charge in [0.05, 0.1) is 5.75 Å². The molecule has 7 heteroatoms. The smallest absolute Gasteiger partial charge is 0.238 e. The summed E-state index contributed by atoms with van der Waals surface area (Å²) in [6, 6.07) is 8.98. The van der Waals surface area contributed by atoms with Crippen molar-refractivity contribution in [2.45, 2.75) is 12.3 Å². The van der Waals surface area contributed by atoms with Gasteiger partial charge in [0.2, 0.25) is 10.0 Å². The number of aromatic nitrogens is 2. The minimum Gasteiger partial charge on any atom is -0.326 e. The summed E-state index contributed by atoms with van der Waals surface area (Å²) in [5.41, 5.74) is 6.94. The Hall–Kier alpha value is -1.86. The van der Waals surface area contributed by atoms with Crippen LogP contribution in [0.1, 0.15) is 11.1 Å². The Labute approximate surface area is 112 Å². The summed E-state index contributed by atoms with van der Waals surface area (Å²) in [5, 5.41) is 4.05. The lowest BCUT2D eigenvalue weighted by Crippen LogP contribution is -2.17. The molecule has 0 atom stereocenters. The second kappa shape index (κ2) is 5.41. The molecule has 0 amide bonds. The van der Waals surface area contributed by atoms with Crippen LogP contribution in [0.4, 0.5) is 5.82 Å². The van der Waals surface area contributed by atoms with E-state index in [1.54, 1.807) is 37.5 Å². The number of sulfonamides is 1. The lowest BCUT2D eigenvalue weighted by atomic mass is 10.2. The van der Waals surface area contributed by atoms with Gasteiger partial charge < -0.3 is 5.73 Å². The van der Waals surface area contributed by atoms with Crippen LogP contribution in [0.3, 0.4) is 0 Å². The Kier molecular flexibility index (Phi) is 3.87. The molecule has 2 aromatic rings. The highest BCUT2D eigenvalue weighted by molar-refractivity contribution is 7.91. The topological polar surface area (TPSA) is 90.0 Å². The standard InChI is InChI=1S/C12H16N4O2S/c1-16-8-11(7-13)12(14-16)15-19(17,18)9-10-5-3-2-4-6-10/h2-6,8H,7,9,13H2,1H3,(H,14,15). The van der Waals surface area contributed by atoms with Gasteiger partial charge in [-0.3, -0.25) is 9.40 Å². The third-order valence-corrected chi connectivity index (χ3v) is 3.79. The monoisotopic (exact) mass is 280 g/mol. The summed E-state index contributed by atoms with van der Waals surface area (Å²) in [5.74, 6) is 0.204. The molecule has 1 heterocycles. The fourth-order valence-corrected chi connectivity index (χ4v) is 2.92. The summed E-state index contributed by atoms with van der Waals surface area (Å²) >= 11 is 0. The molecule has 0 saturated carbocycles. The van der Waals surface area contributed by atoms with Gasteiger partial charge in [-0.25, -0.2) is 8.42 Å². The van der Waals surface area contributed by atoms with Gasteiger partial charge in [-0.05, 0) is 5.56 Å². The van der Waals surface area contributed by atoms with Crippen molar-refractivity contribution in [2.24, 2.45) is 12.8 Å². The van der Waals surface area contributed by atoms with Crippen LogP contribution in [-0.4, -0.2) is 18.2 Å². The zero-order chi connectivity index (χ0) is 13.9. The van der Waals surface area contributed by atoms with Gasteiger partial charge in [0.15, 0.2) is 5.82 Å². The molecule has 1 aromatic heterocycles. The average Bonchev–Trinajstić information content (AvgIpc) is 2.69. The highest BCUT2D eigenvalue weighted by Gasteiger charge is 2.15. The maximum absolute atomic E-state index is 12.0. The van der Waals surface area contributed by atoms with Crippen LogP contribution in [-0.2, 0) is 29.4 Å². The van der Waals surface area contributed by atoms with E-state index in [4.69, 9.17) is 5.73 Å². The zero-order valence-corrected chi connectivity index (χ0v) is 11.4. The molecule has 1 aromatic carbocycles. The molecule has 0 bridgehead atoms. The van der Waals surface area contributed by atoms with Crippen molar-refractivity contribution >= 4 is 15.8 Å². The van der Waals surface area contributed by atoms with E-state index in [2.05, 4.69) is 9.82 Å². The Morgan fingerprint density at radius 1 is 1.32 bits per heavy atom. The number of benzene rings is 1. The molecule has 19 heavy (non-hydrogen) atoms. The number of nitrogens with zero attached hydrogens (tertiary/aromatic N) is 2. The van der Waals surface area contributed by atoms with Crippen molar-refractivity contribution < 1.29 is 8.42 Å². The zero-order valence-electron chi connectivity index (χ0n) is 10.6. The molecular formula is C12H16N4O2S. The molecule has 0 radical (unpaired) electrons. The van der Waals surface area contributed by atoms with E-state index < -0.39 is 10.0 Å². The summed E-state index contributed by atoms with van der Waals surface area (Å²) < 4.78 is 28.1. The fourth-order valence-electron chi connectivity index (χ4n) is 1.75. The molecule has 0 fully saturated rings. The van der Waals surface area contributed by atoms with Crippen molar-refractivity contribution in [1.29, 1.82) is 0 Å². The van der Waals surface area contributed by atoms with Gasteiger partial charge in [-0.1, -0.05) is 30.3 Å². The van der Waals surface area contributed by atoms with Crippen molar-refractivity contribution in [3.63, 3.8) is 0 Å². The van der Waals surface area contributed by atoms with Crippen molar-refractivity contribution in [3.05, 3.63) is 47.7 Å². The summed E-state index contributed by atoms with van der Waals surface area (Å²) in [6.07, 6.45) is 1.69. The number of nitrogens with two attached hydrogens (primary N) is 1. The van der Waals surface area contributed by atoms with E-state index in [1.807, 2.05) is 6.07 Å². The van der Waals surface area contributed by atoms with E-state index in [9.17, 15) is 8.42 Å². The minimum atomic E-state index is -3.49. The summed E-state index contributed by atoms with van der Waals surface area (Å²) in [7, 11) is -1.77. The van der Waals surface area contributed by atoms with Crippen LogP contribution >= 0.6 is 0 Å². The van der Waals surface area contributed by atoms with Crippen molar-refractivity contribution in [1.82, 2.24) is 9.78 Å². The van der Waals surface area contributed by atoms with Gasteiger partial charge in [0.1, 0.15) is 0 Å². The number of nitrogens with one attached hydrogen (secondary N) is 1. The molecule has 2 rings (SSSR count). The van der Waals surface area contributed by atoms with Gasteiger partial charge in [0.25, 0.3) is 0 Å². The predicted molar refractivity (Wildman–Crippen MR) is 73.8 cm³/mol. The lowest BCUT2D eigenvalue weighted by molar-refractivity contribution is 0.600. The first kappa shape index (κ1) is 13.6. The first-order chi connectivity index (χ1) is 9.00.